The molecule has 0 aromatic heterocycles. The Morgan fingerprint density at radius 3 is 2.46 bits per heavy atom. The SMILES string of the molecule is CC1(C(=O)NC2CNC2)CCCC1. The largest absolute Gasteiger partial charge is 0.350 e. The minimum atomic E-state index is -0.0599. The quantitative estimate of drug-likeness (QED) is 0.658. The molecule has 0 radical (unpaired) electrons. The van der Waals surface area contributed by atoms with Crippen molar-refractivity contribution in [3.8, 4) is 0 Å². The van der Waals surface area contributed by atoms with E-state index in [1.807, 2.05) is 0 Å². The number of amides is 1. The van der Waals surface area contributed by atoms with E-state index >= 15 is 0 Å². The highest BCUT2D eigenvalue weighted by atomic mass is 16.2. The van der Waals surface area contributed by atoms with Gasteiger partial charge in [-0.15, -0.1) is 0 Å². The third kappa shape index (κ3) is 1.70. The molecule has 0 aromatic rings. The van der Waals surface area contributed by atoms with Gasteiger partial charge >= 0.3 is 0 Å². The molecule has 1 saturated carbocycles. The van der Waals surface area contributed by atoms with Crippen molar-refractivity contribution in [1.29, 1.82) is 0 Å². The Hall–Kier alpha value is -0.570. The van der Waals surface area contributed by atoms with E-state index in [1.165, 1.54) is 12.8 Å². The van der Waals surface area contributed by atoms with Crippen LogP contribution in [-0.2, 0) is 4.79 Å². The summed E-state index contributed by atoms with van der Waals surface area (Å²) in [5, 5.41) is 6.25. The molecule has 13 heavy (non-hydrogen) atoms. The third-order valence-corrected chi connectivity index (χ3v) is 3.37. The molecule has 0 unspecified atom stereocenters. The second kappa shape index (κ2) is 3.29. The first-order chi connectivity index (χ1) is 6.21. The third-order valence-electron chi connectivity index (χ3n) is 3.37. The Morgan fingerprint density at radius 2 is 2.00 bits per heavy atom. The fraction of sp³-hybridized carbons (Fsp3) is 0.900. The predicted octanol–water partition coefficient (Wildman–Crippen LogP) is 0.655. The van der Waals surface area contributed by atoms with E-state index in [-0.39, 0.29) is 11.3 Å². The maximum Gasteiger partial charge on any atom is 0.226 e. The van der Waals surface area contributed by atoms with Crippen LogP contribution in [0.1, 0.15) is 32.6 Å². The van der Waals surface area contributed by atoms with Crippen molar-refractivity contribution in [3.63, 3.8) is 0 Å². The Kier molecular flexibility index (Phi) is 2.28. The summed E-state index contributed by atoms with van der Waals surface area (Å²) in [6.07, 6.45) is 4.57. The van der Waals surface area contributed by atoms with Crippen LogP contribution in [0.3, 0.4) is 0 Å². The molecule has 0 aromatic carbocycles. The average Bonchev–Trinajstić information content (AvgIpc) is 2.45. The fourth-order valence-corrected chi connectivity index (χ4v) is 2.13. The van der Waals surface area contributed by atoms with Gasteiger partial charge in [0.05, 0.1) is 6.04 Å². The van der Waals surface area contributed by atoms with Crippen LogP contribution in [0, 0.1) is 5.41 Å². The van der Waals surface area contributed by atoms with E-state index < -0.39 is 0 Å². The van der Waals surface area contributed by atoms with Crippen LogP contribution in [0.5, 0.6) is 0 Å². The van der Waals surface area contributed by atoms with Gasteiger partial charge in [-0.3, -0.25) is 4.79 Å². The van der Waals surface area contributed by atoms with Gasteiger partial charge in [-0.25, -0.2) is 0 Å². The van der Waals surface area contributed by atoms with Crippen LogP contribution in [0.4, 0.5) is 0 Å². The minimum absolute atomic E-state index is 0.0599. The van der Waals surface area contributed by atoms with Gasteiger partial charge in [0, 0.05) is 18.5 Å². The molecule has 1 amide bonds. The van der Waals surface area contributed by atoms with Gasteiger partial charge in [0.2, 0.25) is 5.91 Å². The number of carbonyl (C=O) groups is 1. The van der Waals surface area contributed by atoms with Crippen LogP contribution in [0.15, 0.2) is 0 Å². The van der Waals surface area contributed by atoms with Crippen molar-refractivity contribution in [1.82, 2.24) is 10.6 Å². The Morgan fingerprint density at radius 1 is 1.38 bits per heavy atom. The van der Waals surface area contributed by atoms with Crippen molar-refractivity contribution in [2.75, 3.05) is 13.1 Å². The van der Waals surface area contributed by atoms with Gasteiger partial charge in [0.25, 0.3) is 0 Å². The maximum atomic E-state index is 11.8. The molecule has 2 aliphatic rings. The molecule has 2 fully saturated rings. The van der Waals surface area contributed by atoms with Crippen molar-refractivity contribution in [2.24, 2.45) is 5.41 Å². The smallest absolute Gasteiger partial charge is 0.226 e. The summed E-state index contributed by atoms with van der Waals surface area (Å²) >= 11 is 0. The first-order valence-corrected chi connectivity index (χ1v) is 5.22. The highest BCUT2D eigenvalue weighted by Crippen LogP contribution is 2.37. The van der Waals surface area contributed by atoms with Gasteiger partial charge in [-0.05, 0) is 12.8 Å². The highest BCUT2D eigenvalue weighted by Gasteiger charge is 2.37. The number of rotatable bonds is 2. The molecule has 1 heterocycles. The van der Waals surface area contributed by atoms with Gasteiger partial charge in [-0.1, -0.05) is 19.8 Å². The van der Waals surface area contributed by atoms with Gasteiger partial charge in [0.1, 0.15) is 0 Å². The average molecular weight is 182 g/mol. The van der Waals surface area contributed by atoms with E-state index in [0.29, 0.717) is 6.04 Å². The molecule has 1 aliphatic carbocycles. The predicted molar refractivity (Wildman–Crippen MR) is 51.4 cm³/mol. The van der Waals surface area contributed by atoms with Crippen LogP contribution in [0.2, 0.25) is 0 Å². The number of hydrogen-bond donors (Lipinski definition) is 2. The summed E-state index contributed by atoms with van der Waals surface area (Å²) in [4.78, 5) is 11.8. The zero-order chi connectivity index (χ0) is 9.31. The zero-order valence-electron chi connectivity index (χ0n) is 8.23. The number of carbonyl (C=O) groups excluding carboxylic acids is 1. The van der Waals surface area contributed by atoms with E-state index in [9.17, 15) is 4.79 Å². The molecular weight excluding hydrogens is 164 g/mol. The molecule has 0 spiro atoms. The molecule has 74 valence electrons. The molecule has 1 aliphatic heterocycles. The lowest BCUT2D eigenvalue weighted by atomic mass is 9.87. The molecule has 1 saturated heterocycles. The second-order valence-electron chi connectivity index (χ2n) is 4.60. The molecule has 0 bridgehead atoms. The zero-order valence-corrected chi connectivity index (χ0v) is 8.23. The molecule has 2 rings (SSSR count). The van der Waals surface area contributed by atoms with E-state index in [4.69, 9.17) is 0 Å². The standard InChI is InChI=1S/C10H18N2O/c1-10(4-2-3-5-10)9(13)12-8-6-11-7-8/h8,11H,2-7H2,1H3,(H,12,13). The summed E-state index contributed by atoms with van der Waals surface area (Å²) in [6.45, 7) is 3.99. The van der Waals surface area contributed by atoms with Gasteiger partial charge < -0.3 is 10.6 Å². The summed E-state index contributed by atoms with van der Waals surface area (Å²) < 4.78 is 0. The van der Waals surface area contributed by atoms with Crippen LogP contribution < -0.4 is 10.6 Å². The van der Waals surface area contributed by atoms with Gasteiger partial charge in [0.15, 0.2) is 0 Å². The van der Waals surface area contributed by atoms with Crippen LogP contribution >= 0.6 is 0 Å². The fourth-order valence-electron chi connectivity index (χ4n) is 2.13. The second-order valence-corrected chi connectivity index (χ2v) is 4.60. The summed E-state index contributed by atoms with van der Waals surface area (Å²) in [6, 6.07) is 0.393. The minimum Gasteiger partial charge on any atom is -0.350 e. The summed E-state index contributed by atoms with van der Waals surface area (Å²) in [5.41, 5.74) is -0.0599. The maximum absolute atomic E-state index is 11.8. The van der Waals surface area contributed by atoms with E-state index in [1.54, 1.807) is 0 Å². The van der Waals surface area contributed by atoms with Gasteiger partial charge in [-0.2, -0.15) is 0 Å². The van der Waals surface area contributed by atoms with E-state index in [2.05, 4.69) is 17.6 Å². The molecule has 0 atom stereocenters. The first kappa shape index (κ1) is 9.00. The summed E-state index contributed by atoms with van der Waals surface area (Å²) in [5.74, 6) is 0.275. The van der Waals surface area contributed by atoms with Crippen molar-refractivity contribution >= 4 is 5.91 Å². The monoisotopic (exact) mass is 182 g/mol. The molecular formula is C10H18N2O. The molecule has 2 N–H and O–H groups in total. The van der Waals surface area contributed by atoms with Crippen LogP contribution in [-0.4, -0.2) is 25.0 Å². The highest BCUT2D eigenvalue weighted by molar-refractivity contribution is 5.82. The van der Waals surface area contributed by atoms with Crippen molar-refractivity contribution < 1.29 is 4.79 Å². The Labute approximate surface area is 79.3 Å². The van der Waals surface area contributed by atoms with E-state index in [0.717, 1.165) is 25.9 Å². The number of hydrogen-bond acceptors (Lipinski definition) is 2. The first-order valence-electron chi connectivity index (χ1n) is 5.22. The summed E-state index contributed by atoms with van der Waals surface area (Å²) in [7, 11) is 0. The van der Waals surface area contributed by atoms with Crippen molar-refractivity contribution in [3.05, 3.63) is 0 Å². The number of nitrogens with one attached hydrogen (secondary N) is 2. The Balaban J connectivity index is 1.87. The lowest BCUT2D eigenvalue weighted by molar-refractivity contribution is -0.131. The molecule has 3 nitrogen and oxygen atoms in total. The van der Waals surface area contributed by atoms with Crippen LogP contribution in [0.25, 0.3) is 0 Å². The normalized spacial score (nSPS) is 26.8. The molecule has 3 heteroatoms. The topological polar surface area (TPSA) is 41.1 Å². The Bertz CT molecular complexity index is 205. The lowest BCUT2D eigenvalue weighted by Crippen LogP contribution is -2.59. The lowest BCUT2D eigenvalue weighted by Gasteiger charge is -2.32. The van der Waals surface area contributed by atoms with Crippen molar-refractivity contribution in [2.45, 2.75) is 38.6 Å².